The van der Waals surface area contributed by atoms with Gasteiger partial charge in [0.15, 0.2) is 0 Å². The average molecular weight is 302 g/mol. The Morgan fingerprint density at radius 3 is 2.45 bits per heavy atom. The molecule has 1 aromatic rings. The second-order valence-electron chi connectivity index (χ2n) is 6.60. The van der Waals surface area contributed by atoms with Crippen LogP contribution in [0.4, 0.5) is 0 Å². The molecule has 1 aromatic carbocycles. The van der Waals surface area contributed by atoms with Crippen molar-refractivity contribution in [1.82, 2.24) is 10.6 Å². The normalized spacial score (nSPS) is 21.2. The lowest BCUT2D eigenvalue weighted by Gasteiger charge is -2.27. The highest BCUT2D eigenvalue weighted by Crippen LogP contribution is 2.23. The Hall–Kier alpha value is -1.84. The first kappa shape index (κ1) is 16.5. The van der Waals surface area contributed by atoms with Gasteiger partial charge >= 0.3 is 0 Å². The molecule has 0 aromatic heterocycles. The van der Waals surface area contributed by atoms with Crippen molar-refractivity contribution in [3.05, 3.63) is 34.9 Å². The second kappa shape index (κ2) is 7.43. The molecule has 4 heteroatoms. The van der Waals surface area contributed by atoms with Crippen LogP contribution in [0, 0.1) is 19.8 Å². The summed E-state index contributed by atoms with van der Waals surface area (Å²) in [4.78, 5) is 24.1. The van der Waals surface area contributed by atoms with Gasteiger partial charge < -0.3 is 10.6 Å². The Labute approximate surface area is 132 Å². The molecule has 0 saturated heterocycles. The van der Waals surface area contributed by atoms with E-state index in [4.69, 9.17) is 0 Å². The van der Waals surface area contributed by atoms with E-state index in [2.05, 4.69) is 17.6 Å². The molecule has 2 amide bonds. The van der Waals surface area contributed by atoms with Crippen molar-refractivity contribution in [3.63, 3.8) is 0 Å². The lowest BCUT2D eigenvalue weighted by atomic mass is 9.87. The molecule has 0 heterocycles. The molecule has 22 heavy (non-hydrogen) atoms. The van der Waals surface area contributed by atoms with E-state index in [1.165, 1.54) is 12.8 Å². The van der Waals surface area contributed by atoms with Gasteiger partial charge in [-0.2, -0.15) is 0 Å². The van der Waals surface area contributed by atoms with Crippen LogP contribution in [-0.2, 0) is 4.79 Å². The van der Waals surface area contributed by atoms with Crippen molar-refractivity contribution in [3.8, 4) is 0 Å². The zero-order valence-corrected chi connectivity index (χ0v) is 13.7. The number of amides is 2. The molecule has 0 spiro atoms. The fourth-order valence-electron chi connectivity index (χ4n) is 3.21. The van der Waals surface area contributed by atoms with E-state index in [9.17, 15) is 9.59 Å². The van der Waals surface area contributed by atoms with Crippen molar-refractivity contribution < 1.29 is 9.59 Å². The Morgan fingerprint density at radius 2 is 1.82 bits per heavy atom. The highest BCUT2D eigenvalue weighted by atomic mass is 16.2. The fraction of sp³-hybridized carbons (Fsp3) is 0.556. The van der Waals surface area contributed by atoms with Crippen LogP contribution in [0.1, 0.15) is 54.1 Å². The zero-order valence-electron chi connectivity index (χ0n) is 13.7. The number of carbonyl (C=O) groups is 2. The monoisotopic (exact) mass is 302 g/mol. The van der Waals surface area contributed by atoms with Crippen molar-refractivity contribution in [2.45, 2.75) is 52.5 Å². The lowest BCUT2D eigenvalue weighted by molar-refractivity contribution is -0.121. The van der Waals surface area contributed by atoms with E-state index in [1.54, 1.807) is 0 Å². The third kappa shape index (κ3) is 4.86. The molecular weight excluding hydrogens is 276 g/mol. The van der Waals surface area contributed by atoms with Crippen LogP contribution < -0.4 is 10.6 Å². The van der Waals surface area contributed by atoms with Crippen LogP contribution in [0.3, 0.4) is 0 Å². The van der Waals surface area contributed by atoms with Gasteiger partial charge in [-0.15, -0.1) is 0 Å². The molecule has 1 aliphatic rings. The summed E-state index contributed by atoms with van der Waals surface area (Å²) in [5, 5.41) is 5.73. The van der Waals surface area contributed by atoms with E-state index in [-0.39, 0.29) is 24.4 Å². The molecule has 2 unspecified atom stereocenters. The highest BCUT2D eigenvalue weighted by molar-refractivity contribution is 5.96. The summed E-state index contributed by atoms with van der Waals surface area (Å²) in [5.74, 6) is 0.375. The van der Waals surface area contributed by atoms with E-state index >= 15 is 0 Å². The van der Waals surface area contributed by atoms with Crippen LogP contribution >= 0.6 is 0 Å². The van der Waals surface area contributed by atoms with Gasteiger partial charge in [0.25, 0.3) is 5.91 Å². The molecule has 1 fully saturated rings. The molecule has 1 saturated carbocycles. The minimum atomic E-state index is -0.195. The van der Waals surface area contributed by atoms with Crippen molar-refractivity contribution >= 4 is 11.8 Å². The summed E-state index contributed by atoms with van der Waals surface area (Å²) < 4.78 is 0. The molecular formula is C18H26N2O2. The van der Waals surface area contributed by atoms with Gasteiger partial charge in [0.1, 0.15) is 0 Å². The molecule has 2 N–H and O–H groups in total. The number of aryl methyl sites for hydroxylation is 2. The Balaban J connectivity index is 1.81. The number of hydrogen-bond donors (Lipinski definition) is 2. The summed E-state index contributed by atoms with van der Waals surface area (Å²) >= 11 is 0. The van der Waals surface area contributed by atoms with Crippen molar-refractivity contribution in [2.24, 2.45) is 5.92 Å². The number of carbonyl (C=O) groups excluding carboxylic acids is 2. The van der Waals surface area contributed by atoms with Gasteiger partial charge in [0, 0.05) is 11.6 Å². The van der Waals surface area contributed by atoms with Gasteiger partial charge in [-0.1, -0.05) is 37.0 Å². The lowest BCUT2D eigenvalue weighted by Crippen LogP contribution is -2.43. The molecule has 1 aliphatic carbocycles. The maximum absolute atomic E-state index is 12.1. The average Bonchev–Trinajstić information content (AvgIpc) is 2.43. The molecule has 120 valence electrons. The molecule has 4 nitrogen and oxygen atoms in total. The number of rotatable bonds is 4. The minimum absolute atomic E-state index is 0.0384. The van der Waals surface area contributed by atoms with Gasteiger partial charge in [-0.25, -0.2) is 0 Å². The summed E-state index contributed by atoms with van der Waals surface area (Å²) in [6.45, 7) is 6.18. The third-order valence-corrected chi connectivity index (χ3v) is 4.19. The van der Waals surface area contributed by atoms with Crippen molar-refractivity contribution in [2.75, 3.05) is 6.54 Å². The van der Waals surface area contributed by atoms with Crippen LogP contribution in [0.25, 0.3) is 0 Å². The van der Waals surface area contributed by atoms with E-state index in [1.807, 2.05) is 32.0 Å². The number of nitrogens with one attached hydrogen (secondary N) is 2. The molecule has 2 atom stereocenters. The zero-order chi connectivity index (χ0) is 16.1. The quantitative estimate of drug-likeness (QED) is 0.898. The second-order valence-corrected chi connectivity index (χ2v) is 6.60. The largest absolute Gasteiger partial charge is 0.352 e. The smallest absolute Gasteiger partial charge is 0.251 e. The first-order valence-electron chi connectivity index (χ1n) is 8.10. The van der Waals surface area contributed by atoms with Gasteiger partial charge in [-0.05, 0) is 44.7 Å². The topological polar surface area (TPSA) is 58.2 Å². The summed E-state index contributed by atoms with van der Waals surface area (Å²) in [6, 6.07) is 5.95. The van der Waals surface area contributed by atoms with Gasteiger partial charge in [-0.3, -0.25) is 9.59 Å². The van der Waals surface area contributed by atoms with E-state index in [0.29, 0.717) is 11.5 Å². The summed E-state index contributed by atoms with van der Waals surface area (Å²) in [5.41, 5.74) is 2.70. The molecule has 2 rings (SSSR count). The molecule has 0 aliphatic heterocycles. The van der Waals surface area contributed by atoms with Crippen LogP contribution in [0.2, 0.25) is 0 Å². The van der Waals surface area contributed by atoms with Crippen molar-refractivity contribution in [1.29, 1.82) is 0 Å². The maximum Gasteiger partial charge on any atom is 0.251 e. The predicted molar refractivity (Wildman–Crippen MR) is 87.8 cm³/mol. The summed E-state index contributed by atoms with van der Waals surface area (Å²) in [7, 11) is 0. The Morgan fingerprint density at radius 1 is 1.14 bits per heavy atom. The van der Waals surface area contributed by atoms with E-state index in [0.717, 1.165) is 24.0 Å². The molecule has 0 radical (unpaired) electrons. The number of hydrogen-bond acceptors (Lipinski definition) is 2. The van der Waals surface area contributed by atoms with Crippen LogP contribution in [0.15, 0.2) is 18.2 Å². The fourth-order valence-corrected chi connectivity index (χ4v) is 3.21. The van der Waals surface area contributed by atoms with E-state index < -0.39 is 0 Å². The van der Waals surface area contributed by atoms with Crippen LogP contribution in [0.5, 0.6) is 0 Å². The maximum atomic E-state index is 12.1. The standard InChI is InChI=1S/C18H26N2O2/c1-12-5-4-6-16(10-12)20-17(21)11-19-18(22)15-8-13(2)7-14(3)9-15/h7-9,12,16H,4-6,10-11H2,1-3H3,(H,19,22)(H,20,21). The Bertz CT molecular complexity index is 534. The minimum Gasteiger partial charge on any atom is -0.352 e. The first-order valence-corrected chi connectivity index (χ1v) is 8.10. The van der Waals surface area contributed by atoms with Gasteiger partial charge in [0.05, 0.1) is 6.54 Å². The summed E-state index contributed by atoms with van der Waals surface area (Å²) in [6.07, 6.45) is 4.49. The predicted octanol–water partition coefficient (Wildman–Crippen LogP) is 2.73. The SMILES string of the molecule is Cc1cc(C)cc(C(=O)NCC(=O)NC2CCCC(C)C2)c1. The van der Waals surface area contributed by atoms with Gasteiger partial charge in [0.2, 0.25) is 5.91 Å². The molecule has 0 bridgehead atoms. The number of benzene rings is 1. The first-order chi connectivity index (χ1) is 10.4. The highest BCUT2D eigenvalue weighted by Gasteiger charge is 2.20. The van der Waals surface area contributed by atoms with Crippen LogP contribution in [-0.4, -0.2) is 24.4 Å². The Kier molecular flexibility index (Phi) is 5.58. The third-order valence-electron chi connectivity index (χ3n) is 4.19.